The van der Waals surface area contributed by atoms with E-state index in [1.165, 1.54) is 11.8 Å². The summed E-state index contributed by atoms with van der Waals surface area (Å²) in [6.45, 7) is 2.48. The van der Waals surface area contributed by atoms with Crippen molar-refractivity contribution in [3.05, 3.63) is 36.0 Å². The minimum atomic E-state index is -0.122. The molecule has 7 nitrogen and oxygen atoms in total. The number of thioether (sulfide) groups is 1. The molecular formula is C16H16N4O3S. The molecular weight excluding hydrogens is 328 g/mol. The van der Waals surface area contributed by atoms with Crippen LogP contribution in [0.1, 0.15) is 30.6 Å². The first-order chi connectivity index (χ1) is 11.7. The van der Waals surface area contributed by atoms with Crippen LogP contribution in [-0.2, 0) is 4.79 Å². The molecule has 1 amide bonds. The van der Waals surface area contributed by atoms with Crippen molar-refractivity contribution < 1.29 is 13.7 Å². The van der Waals surface area contributed by atoms with Crippen LogP contribution in [-0.4, -0.2) is 38.2 Å². The highest BCUT2D eigenvalue weighted by Crippen LogP contribution is 2.32. The van der Waals surface area contributed by atoms with E-state index in [9.17, 15) is 4.79 Å². The average molecular weight is 344 g/mol. The van der Waals surface area contributed by atoms with E-state index in [0.717, 1.165) is 23.9 Å². The molecule has 0 N–H and O–H groups in total. The van der Waals surface area contributed by atoms with Gasteiger partial charge in [-0.15, -0.1) is 0 Å². The number of amides is 1. The van der Waals surface area contributed by atoms with Gasteiger partial charge in [-0.05, 0) is 31.9 Å². The topological polar surface area (TPSA) is 85.3 Å². The summed E-state index contributed by atoms with van der Waals surface area (Å²) in [5, 5.41) is 4.33. The molecule has 0 radical (unpaired) electrons. The predicted octanol–water partition coefficient (Wildman–Crippen LogP) is 2.98. The fourth-order valence-corrected chi connectivity index (χ4v) is 3.61. The number of likely N-dealkylation sites (tertiary alicyclic amines) is 1. The minimum Gasteiger partial charge on any atom is -0.431 e. The summed E-state index contributed by atoms with van der Waals surface area (Å²) < 4.78 is 10.9. The maximum atomic E-state index is 12.6. The normalized spacial score (nSPS) is 17.7. The number of nitrogens with zero attached hydrogens (tertiary/aromatic N) is 4. The highest BCUT2D eigenvalue weighted by molar-refractivity contribution is 7.99. The first-order valence-electron chi connectivity index (χ1n) is 7.79. The fraction of sp³-hybridized carbons (Fsp3) is 0.375. The number of fused-ring (bicyclic) bond motifs is 1. The largest absolute Gasteiger partial charge is 0.431 e. The maximum absolute atomic E-state index is 12.6. The number of hydrogen-bond donors (Lipinski definition) is 0. The Hall–Kier alpha value is -2.35. The first-order valence-corrected chi connectivity index (χ1v) is 8.77. The molecule has 1 fully saturated rings. The molecule has 24 heavy (non-hydrogen) atoms. The van der Waals surface area contributed by atoms with Gasteiger partial charge in [-0.1, -0.05) is 29.1 Å². The van der Waals surface area contributed by atoms with Crippen LogP contribution in [0, 0.1) is 6.92 Å². The molecule has 1 aliphatic rings. The van der Waals surface area contributed by atoms with Crippen LogP contribution in [0.4, 0.5) is 0 Å². The van der Waals surface area contributed by atoms with Crippen LogP contribution in [0.5, 0.6) is 0 Å². The van der Waals surface area contributed by atoms with Crippen LogP contribution in [0.25, 0.3) is 11.1 Å². The SMILES string of the molecule is Cc1noc(C2CCCN2C(=O)CSc2nc3ccccc3o2)n1. The van der Waals surface area contributed by atoms with Crippen LogP contribution in [0.15, 0.2) is 38.4 Å². The van der Waals surface area contributed by atoms with Crippen molar-refractivity contribution in [3.8, 4) is 0 Å². The van der Waals surface area contributed by atoms with Gasteiger partial charge >= 0.3 is 0 Å². The zero-order chi connectivity index (χ0) is 16.5. The summed E-state index contributed by atoms with van der Waals surface area (Å²) in [6, 6.07) is 7.43. The van der Waals surface area contributed by atoms with Gasteiger partial charge in [-0.25, -0.2) is 4.98 Å². The second-order valence-corrected chi connectivity index (χ2v) is 6.59. The summed E-state index contributed by atoms with van der Waals surface area (Å²) in [7, 11) is 0. The Morgan fingerprint density at radius 3 is 3.04 bits per heavy atom. The molecule has 0 saturated carbocycles. The highest BCUT2D eigenvalue weighted by Gasteiger charge is 2.33. The van der Waals surface area contributed by atoms with Crippen LogP contribution >= 0.6 is 11.8 Å². The molecule has 1 aromatic carbocycles. The van der Waals surface area contributed by atoms with E-state index in [1.54, 1.807) is 6.92 Å². The molecule has 2 aromatic heterocycles. The van der Waals surface area contributed by atoms with E-state index in [2.05, 4.69) is 15.1 Å². The molecule has 3 heterocycles. The van der Waals surface area contributed by atoms with E-state index >= 15 is 0 Å². The molecule has 124 valence electrons. The predicted molar refractivity (Wildman–Crippen MR) is 87.5 cm³/mol. The first kappa shape index (κ1) is 15.2. The number of carbonyl (C=O) groups is 1. The lowest BCUT2D eigenvalue weighted by Crippen LogP contribution is -2.32. The number of aryl methyl sites for hydroxylation is 1. The number of rotatable bonds is 4. The van der Waals surface area contributed by atoms with E-state index in [-0.39, 0.29) is 17.7 Å². The van der Waals surface area contributed by atoms with Gasteiger partial charge in [-0.2, -0.15) is 4.98 Å². The van der Waals surface area contributed by atoms with Gasteiger partial charge < -0.3 is 13.8 Å². The number of aromatic nitrogens is 3. The zero-order valence-electron chi connectivity index (χ0n) is 13.1. The Balaban J connectivity index is 1.43. The summed E-state index contributed by atoms with van der Waals surface area (Å²) in [5.41, 5.74) is 1.53. The highest BCUT2D eigenvalue weighted by atomic mass is 32.2. The Labute approximate surface area is 142 Å². The van der Waals surface area contributed by atoms with Crippen molar-refractivity contribution in [3.63, 3.8) is 0 Å². The van der Waals surface area contributed by atoms with Gasteiger partial charge in [0.1, 0.15) is 11.6 Å². The molecule has 0 bridgehead atoms. The number of benzene rings is 1. The van der Waals surface area contributed by atoms with Gasteiger partial charge in [0.25, 0.3) is 5.22 Å². The molecule has 0 aliphatic carbocycles. The van der Waals surface area contributed by atoms with Crippen molar-refractivity contribution in [1.29, 1.82) is 0 Å². The van der Waals surface area contributed by atoms with Crippen LogP contribution in [0.2, 0.25) is 0 Å². The molecule has 0 spiro atoms. The van der Waals surface area contributed by atoms with Crippen LogP contribution in [0.3, 0.4) is 0 Å². The van der Waals surface area contributed by atoms with Gasteiger partial charge in [-0.3, -0.25) is 4.79 Å². The molecule has 1 aliphatic heterocycles. The van der Waals surface area contributed by atoms with E-state index in [0.29, 0.717) is 23.5 Å². The van der Waals surface area contributed by atoms with Gasteiger partial charge in [0, 0.05) is 6.54 Å². The summed E-state index contributed by atoms with van der Waals surface area (Å²) in [6.07, 6.45) is 1.78. The van der Waals surface area contributed by atoms with Crippen molar-refractivity contribution >= 4 is 28.8 Å². The summed E-state index contributed by atoms with van der Waals surface area (Å²) in [5.74, 6) is 1.41. The lowest BCUT2D eigenvalue weighted by atomic mass is 10.2. The molecule has 1 atom stereocenters. The number of hydrogen-bond acceptors (Lipinski definition) is 7. The monoisotopic (exact) mass is 344 g/mol. The Morgan fingerprint density at radius 2 is 2.25 bits per heavy atom. The minimum absolute atomic E-state index is 0.0283. The van der Waals surface area contributed by atoms with E-state index in [1.807, 2.05) is 29.2 Å². The third-order valence-electron chi connectivity index (χ3n) is 3.99. The molecule has 4 rings (SSSR count). The van der Waals surface area contributed by atoms with Crippen LogP contribution < -0.4 is 0 Å². The number of para-hydroxylation sites is 2. The Morgan fingerprint density at radius 1 is 1.38 bits per heavy atom. The summed E-state index contributed by atoms with van der Waals surface area (Å²) in [4.78, 5) is 23.0. The van der Waals surface area contributed by atoms with E-state index < -0.39 is 0 Å². The van der Waals surface area contributed by atoms with Crippen molar-refractivity contribution in [2.45, 2.75) is 31.0 Å². The van der Waals surface area contributed by atoms with Crippen molar-refractivity contribution in [2.24, 2.45) is 0 Å². The average Bonchev–Trinajstić information content (AvgIpc) is 3.30. The maximum Gasteiger partial charge on any atom is 0.257 e. The second kappa shape index (κ2) is 6.27. The molecule has 8 heteroatoms. The molecule has 1 saturated heterocycles. The fourth-order valence-electron chi connectivity index (χ4n) is 2.89. The lowest BCUT2D eigenvalue weighted by molar-refractivity contribution is -0.129. The Bertz CT molecular complexity index is 842. The van der Waals surface area contributed by atoms with Gasteiger partial charge in [0.15, 0.2) is 11.4 Å². The van der Waals surface area contributed by atoms with Crippen molar-refractivity contribution in [2.75, 3.05) is 12.3 Å². The third-order valence-corrected chi connectivity index (χ3v) is 4.81. The lowest BCUT2D eigenvalue weighted by Gasteiger charge is -2.21. The zero-order valence-corrected chi connectivity index (χ0v) is 14.0. The standard InChI is InChI=1S/C16H16N4O3S/c1-10-17-15(23-19-10)12-6-4-8-20(12)14(21)9-24-16-18-11-5-2-3-7-13(11)22-16/h2-3,5,7,12H,4,6,8-9H2,1H3. The van der Waals surface area contributed by atoms with Crippen molar-refractivity contribution in [1.82, 2.24) is 20.0 Å². The van der Waals surface area contributed by atoms with E-state index in [4.69, 9.17) is 8.94 Å². The quantitative estimate of drug-likeness (QED) is 0.673. The van der Waals surface area contributed by atoms with Gasteiger partial charge in [0.05, 0.1) is 5.75 Å². The third kappa shape index (κ3) is 2.89. The smallest absolute Gasteiger partial charge is 0.257 e. The second-order valence-electron chi connectivity index (χ2n) is 5.66. The number of carbonyl (C=O) groups excluding carboxylic acids is 1. The molecule has 3 aromatic rings. The Kier molecular flexibility index (Phi) is 3.97. The summed E-state index contributed by atoms with van der Waals surface area (Å²) >= 11 is 1.31. The number of oxazole rings is 1. The molecule has 1 unspecified atom stereocenters. The van der Waals surface area contributed by atoms with Gasteiger partial charge in [0.2, 0.25) is 11.8 Å².